The first-order chi connectivity index (χ1) is 7.70. The lowest BCUT2D eigenvalue weighted by atomic mass is 10.3. The normalized spacial score (nSPS) is 20.2. The second-order valence-electron chi connectivity index (χ2n) is 3.90. The van der Waals surface area contributed by atoms with Gasteiger partial charge in [-0.25, -0.2) is 0 Å². The Morgan fingerprint density at radius 1 is 1.44 bits per heavy atom. The molecule has 1 unspecified atom stereocenters. The fourth-order valence-corrected chi connectivity index (χ4v) is 1.87. The SMILES string of the molecule is CCOc1ccc(N2CC(N)CC2=O)cc1. The highest BCUT2D eigenvalue weighted by Gasteiger charge is 2.27. The molecule has 1 fully saturated rings. The highest BCUT2D eigenvalue weighted by molar-refractivity contribution is 5.96. The van der Waals surface area contributed by atoms with Crippen LogP contribution in [0.15, 0.2) is 24.3 Å². The van der Waals surface area contributed by atoms with Gasteiger partial charge >= 0.3 is 0 Å². The molecule has 2 rings (SSSR count). The van der Waals surface area contributed by atoms with Crippen LogP contribution in [-0.4, -0.2) is 25.1 Å². The third-order valence-corrected chi connectivity index (χ3v) is 2.61. The van der Waals surface area contributed by atoms with E-state index < -0.39 is 0 Å². The molecule has 1 atom stereocenters. The fraction of sp³-hybridized carbons (Fsp3) is 0.417. The molecule has 0 spiro atoms. The number of carbonyl (C=O) groups excluding carboxylic acids is 1. The predicted octanol–water partition coefficient (Wildman–Crippen LogP) is 1.15. The molecule has 86 valence electrons. The Kier molecular flexibility index (Phi) is 3.10. The predicted molar refractivity (Wildman–Crippen MR) is 62.6 cm³/mol. The smallest absolute Gasteiger partial charge is 0.228 e. The zero-order valence-corrected chi connectivity index (χ0v) is 9.35. The molecule has 0 aromatic heterocycles. The van der Waals surface area contributed by atoms with Gasteiger partial charge in [0.1, 0.15) is 5.75 Å². The Bertz CT molecular complexity index is 375. The first-order valence-corrected chi connectivity index (χ1v) is 5.49. The van der Waals surface area contributed by atoms with E-state index in [-0.39, 0.29) is 11.9 Å². The number of ether oxygens (including phenoxy) is 1. The molecule has 1 aromatic rings. The average molecular weight is 220 g/mol. The third-order valence-electron chi connectivity index (χ3n) is 2.61. The maximum atomic E-state index is 11.6. The zero-order chi connectivity index (χ0) is 11.5. The van der Waals surface area contributed by atoms with Crippen molar-refractivity contribution in [2.75, 3.05) is 18.1 Å². The van der Waals surface area contributed by atoms with Crippen molar-refractivity contribution in [3.05, 3.63) is 24.3 Å². The average Bonchev–Trinajstić information content (AvgIpc) is 2.59. The van der Waals surface area contributed by atoms with E-state index in [0.717, 1.165) is 11.4 Å². The number of benzene rings is 1. The minimum Gasteiger partial charge on any atom is -0.494 e. The molecule has 1 aliphatic heterocycles. The van der Waals surface area contributed by atoms with E-state index in [1.807, 2.05) is 31.2 Å². The largest absolute Gasteiger partial charge is 0.494 e. The lowest BCUT2D eigenvalue weighted by Gasteiger charge is -2.16. The van der Waals surface area contributed by atoms with Crippen molar-refractivity contribution in [1.29, 1.82) is 0 Å². The zero-order valence-electron chi connectivity index (χ0n) is 9.35. The van der Waals surface area contributed by atoms with E-state index in [1.54, 1.807) is 4.90 Å². The summed E-state index contributed by atoms with van der Waals surface area (Å²) < 4.78 is 5.34. The van der Waals surface area contributed by atoms with Gasteiger partial charge in [0.25, 0.3) is 0 Å². The molecular formula is C12H16N2O2. The Balaban J connectivity index is 2.12. The van der Waals surface area contributed by atoms with Crippen LogP contribution in [0.25, 0.3) is 0 Å². The Morgan fingerprint density at radius 2 is 2.12 bits per heavy atom. The lowest BCUT2D eigenvalue weighted by Crippen LogP contribution is -2.27. The van der Waals surface area contributed by atoms with Crippen LogP contribution in [0, 0.1) is 0 Å². The van der Waals surface area contributed by atoms with Gasteiger partial charge < -0.3 is 15.4 Å². The summed E-state index contributed by atoms with van der Waals surface area (Å²) in [6.07, 6.45) is 0.438. The molecule has 1 aromatic carbocycles. The van der Waals surface area contributed by atoms with Crippen molar-refractivity contribution in [2.45, 2.75) is 19.4 Å². The number of amides is 1. The van der Waals surface area contributed by atoms with Gasteiger partial charge in [-0.1, -0.05) is 0 Å². The quantitative estimate of drug-likeness (QED) is 0.831. The standard InChI is InChI=1S/C12H16N2O2/c1-2-16-11-5-3-10(4-6-11)14-8-9(13)7-12(14)15/h3-6,9H,2,7-8,13H2,1H3. The Morgan fingerprint density at radius 3 is 2.62 bits per heavy atom. The minimum atomic E-state index is -0.0425. The van der Waals surface area contributed by atoms with Crippen molar-refractivity contribution in [3.63, 3.8) is 0 Å². The molecule has 1 amide bonds. The van der Waals surface area contributed by atoms with Gasteiger partial charge in [0.2, 0.25) is 5.91 Å². The van der Waals surface area contributed by atoms with E-state index in [4.69, 9.17) is 10.5 Å². The maximum Gasteiger partial charge on any atom is 0.228 e. The summed E-state index contributed by atoms with van der Waals surface area (Å²) in [6.45, 7) is 3.19. The topological polar surface area (TPSA) is 55.6 Å². The molecule has 2 N–H and O–H groups in total. The maximum absolute atomic E-state index is 11.6. The van der Waals surface area contributed by atoms with Crippen molar-refractivity contribution >= 4 is 11.6 Å². The third kappa shape index (κ3) is 2.17. The van der Waals surface area contributed by atoms with E-state index in [1.165, 1.54) is 0 Å². The first kappa shape index (κ1) is 11.0. The number of anilines is 1. The van der Waals surface area contributed by atoms with Crippen molar-refractivity contribution < 1.29 is 9.53 Å². The molecule has 16 heavy (non-hydrogen) atoms. The molecule has 1 aliphatic rings. The number of rotatable bonds is 3. The lowest BCUT2D eigenvalue weighted by molar-refractivity contribution is -0.117. The molecular weight excluding hydrogens is 204 g/mol. The van der Waals surface area contributed by atoms with Gasteiger partial charge in [0, 0.05) is 24.7 Å². The Hall–Kier alpha value is -1.55. The van der Waals surface area contributed by atoms with Gasteiger partial charge in [0.05, 0.1) is 6.61 Å². The summed E-state index contributed by atoms with van der Waals surface area (Å²) in [7, 11) is 0. The van der Waals surface area contributed by atoms with Crippen LogP contribution >= 0.6 is 0 Å². The molecule has 0 radical (unpaired) electrons. The first-order valence-electron chi connectivity index (χ1n) is 5.49. The second-order valence-corrected chi connectivity index (χ2v) is 3.90. The number of nitrogens with two attached hydrogens (primary N) is 1. The van der Waals surface area contributed by atoms with Crippen LogP contribution in [0.3, 0.4) is 0 Å². The number of hydrogen-bond donors (Lipinski definition) is 1. The van der Waals surface area contributed by atoms with E-state index >= 15 is 0 Å². The summed E-state index contributed by atoms with van der Waals surface area (Å²) in [4.78, 5) is 13.3. The van der Waals surface area contributed by atoms with Crippen molar-refractivity contribution in [3.8, 4) is 5.75 Å². The minimum absolute atomic E-state index is 0.0425. The van der Waals surface area contributed by atoms with Crippen LogP contribution in [0.5, 0.6) is 5.75 Å². The molecule has 0 saturated carbocycles. The second kappa shape index (κ2) is 4.53. The molecule has 1 saturated heterocycles. The van der Waals surface area contributed by atoms with E-state index in [2.05, 4.69) is 0 Å². The molecule has 0 aliphatic carbocycles. The van der Waals surface area contributed by atoms with Crippen LogP contribution in [0.2, 0.25) is 0 Å². The molecule has 1 heterocycles. The summed E-state index contributed by atoms with van der Waals surface area (Å²) in [5.41, 5.74) is 6.63. The summed E-state index contributed by atoms with van der Waals surface area (Å²) in [5.74, 6) is 0.916. The highest BCUT2D eigenvalue weighted by atomic mass is 16.5. The summed E-state index contributed by atoms with van der Waals surface area (Å²) in [6, 6.07) is 7.48. The highest BCUT2D eigenvalue weighted by Crippen LogP contribution is 2.23. The molecule has 4 nitrogen and oxygen atoms in total. The molecule has 4 heteroatoms. The number of hydrogen-bond acceptors (Lipinski definition) is 3. The van der Waals surface area contributed by atoms with Crippen molar-refractivity contribution in [1.82, 2.24) is 0 Å². The summed E-state index contributed by atoms with van der Waals surface area (Å²) >= 11 is 0. The van der Waals surface area contributed by atoms with E-state index in [0.29, 0.717) is 19.6 Å². The monoisotopic (exact) mass is 220 g/mol. The van der Waals surface area contributed by atoms with Gasteiger partial charge in [0.15, 0.2) is 0 Å². The molecule has 0 bridgehead atoms. The summed E-state index contributed by atoms with van der Waals surface area (Å²) in [5, 5.41) is 0. The van der Waals surface area contributed by atoms with Crippen molar-refractivity contribution in [2.24, 2.45) is 5.73 Å². The van der Waals surface area contributed by atoms with E-state index in [9.17, 15) is 4.79 Å². The van der Waals surface area contributed by atoms with Crippen LogP contribution < -0.4 is 15.4 Å². The van der Waals surface area contributed by atoms with Gasteiger partial charge in [-0.15, -0.1) is 0 Å². The Labute approximate surface area is 95.0 Å². The number of carbonyl (C=O) groups is 1. The van der Waals surface area contributed by atoms with Gasteiger partial charge in [-0.05, 0) is 31.2 Å². The van der Waals surface area contributed by atoms with Gasteiger partial charge in [-0.3, -0.25) is 4.79 Å². The van der Waals surface area contributed by atoms with Crippen LogP contribution in [0.1, 0.15) is 13.3 Å². The van der Waals surface area contributed by atoms with Gasteiger partial charge in [-0.2, -0.15) is 0 Å². The number of nitrogens with zero attached hydrogens (tertiary/aromatic N) is 1. The van der Waals surface area contributed by atoms with Crippen LogP contribution in [-0.2, 0) is 4.79 Å². The van der Waals surface area contributed by atoms with Crippen LogP contribution in [0.4, 0.5) is 5.69 Å². The fourth-order valence-electron chi connectivity index (χ4n) is 1.87.